The Hall–Kier alpha value is -2.39. The van der Waals surface area contributed by atoms with Gasteiger partial charge in [-0.3, -0.25) is 4.72 Å². The third kappa shape index (κ3) is 2.87. The van der Waals surface area contributed by atoms with E-state index < -0.39 is 20.0 Å². The highest BCUT2D eigenvalue weighted by molar-refractivity contribution is 7.96. The lowest BCUT2D eigenvalue weighted by atomic mass is 10.2. The Balaban J connectivity index is 2.03. The lowest BCUT2D eigenvalue weighted by Gasteiger charge is -2.07. The number of hydrogen-bond donors (Lipinski definition) is 3. The molecule has 0 aliphatic rings. The van der Waals surface area contributed by atoms with Crippen molar-refractivity contribution in [3.63, 3.8) is 0 Å². The molecule has 2 aromatic heterocycles. The van der Waals surface area contributed by atoms with Crippen LogP contribution in [0.3, 0.4) is 0 Å². The summed E-state index contributed by atoms with van der Waals surface area (Å²) in [6.07, 6.45) is 1.48. The van der Waals surface area contributed by atoms with Crippen LogP contribution < -0.4 is 9.86 Å². The van der Waals surface area contributed by atoms with Crippen molar-refractivity contribution in [1.82, 2.24) is 4.98 Å². The first-order valence-electron chi connectivity index (χ1n) is 6.38. The Kier molecular flexibility index (Phi) is 3.84. The number of benzene rings is 1. The molecule has 0 aliphatic carbocycles. The fourth-order valence-corrected chi connectivity index (χ4v) is 5.39. The number of nitriles is 1. The number of nitrogens with zero attached hydrogens (tertiary/aromatic N) is 1. The predicted octanol–water partition coefficient (Wildman–Crippen LogP) is 1.55. The zero-order chi connectivity index (χ0) is 17.5. The maximum Gasteiger partial charge on any atom is 0.271 e. The maximum absolute atomic E-state index is 12.4. The van der Waals surface area contributed by atoms with E-state index in [4.69, 9.17) is 10.4 Å². The van der Waals surface area contributed by atoms with E-state index in [0.29, 0.717) is 27.8 Å². The van der Waals surface area contributed by atoms with E-state index in [2.05, 4.69) is 9.71 Å². The van der Waals surface area contributed by atoms with Crippen molar-refractivity contribution in [2.45, 2.75) is 8.42 Å². The molecule has 24 heavy (non-hydrogen) atoms. The zero-order valence-corrected chi connectivity index (χ0v) is 14.3. The number of para-hydroxylation sites is 1. The first-order valence-corrected chi connectivity index (χ1v) is 10.2. The quantitative estimate of drug-likeness (QED) is 0.626. The third-order valence-electron chi connectivity index (χ3n) is 3.18. The number of H-pyrrole nitrogens is 1. The number of nitrogens with one attached hydrogen (secondary N) is 2. The van der Waals surface area contributed by atoms with Crippen molar-refractivity contribution in [3.05, 3.63) is 42.1 Å². The van der Waals surface area contributed by atoms with E-state index in [9.17, 15) is 16.8 Å². The van der Waals surface area contributed by atoms with Crippen LogP contribution in [0.1, 0.15) is 5.56 Å². The predicted molar refractivity (Wildman–Crippen MR) is 89.5 cm³/mol. The molecule has 0 unspecified atom stereocenters. The number of sulfonamides is 2. The van der Waals surface area contributed by atoms with Crippen molar-refractivity contribution in [1.29, 1.82) is 5.26 Å². The van der Waals surface area contributed by atoms with Gasteiger partial charge in [0.2, 0.25) is 10.0 Å². The van der Waals surface area contributed by atoms with Gasteiger partial charge < -0.3 is 4.98 Å². The van der Waals surface area contributed by atoms with Crippen LogP contribution in [-0.2, 0) is 20.0 Å². The largest absolute Gasteiger partial charge is 0.358 e. The summed E-state index contributed by atoms with van der Waals surface area (Å²) in [5.74, 6) is 0. The van der Waals surface area contributed by atoms with Crippen molar-refractivity contribution < 1.29 is 16.8 Å². The topological polar surface area (TPSA) is 146 Å². The molecular weight excluding hydrogens is 372 g/mol. The first-order chi connectivity index (χ1) is 11.2. The second kappa shape index (κ2) is 5.60. The van der Waals surface area contributed by atoms with Crippen LogP contribution in [0.25, 0.3) is 10.9 Å². The van der Waals surface area contributed by atoms with Gasteiger partial charge in [0.05, 0.1) is 16.8 Å². The van der Waals surface area contributed by atoms with Crippen LogP contribution in [0.4, 0.5) is 5.69 Å². The summed E-state index contributed by atoms with van der Waals surface area (Å²) in [5, 5.41) is 14.6. The number of nitrogens with two attached hydrogens (primary N) is 1. The first kappa shape index (κ1) is 16.5. The van der Waals surface area contributed by atoms with Gasteiger partial charge in [-0.25, -0.2) is 22.0 Å². The number of thiophene rings is 1. The Labute approximate surface area is 141 Å². The van der Waals surface area contributed by atoms with Crippen LogP contribution in [0.5, 0.6) is 0 Å². The summed E-state index contributed by atoms with van der Waals surface area (Å²) in [6.45, 7) is 0. The molecule has 0 spiro atoms. The average molecular weight is 382 g/mol. The minimum absolute atomic E-state index is 0.185. The molecular formula is C13H10N4O4S3. The lowest BCUT2D eigenvalue weighted by molar-refractivity contribution is 0.599. The monoisotopic (exact) mass is 382 g/mol. The number of rotatable bonds is 4. The van der Waals surface area contributed by atoms with E-state index in [0.717, 1.165) is 6.07 Å². The molecule has 8 nitrogen and oxygen atoms in total. The highest BCUT2D eigenvalue weighted by Crippen LogP contribution is 2.30. The summed E-state index contributed by atoms with van der Waals surface area (Å²) in [7, 11) is -7.96. The van der Waals surface area contributed by atoms with E-state index in [-0.39, 0.29) is 14.1 Å². The van der Waals surface area contributed by atoms with Crippen molar-refractivity contribution >= 4 is 48.0 Å². The van der Waals surface area contributed by atoms with E-state index in [1.807, 2.05) is 6.07 Å². The summed E-state index contributed by atoms with van der Waals surface area (Å²) < 4.78 is 49.4. The van der Waals surface area contributed by atoms with Gasteiger partial charge in [0, 0.05) is 11.6 Å². The molecule has 0 amide bonds. The highest BCUT2D eigenvalue weighted by atomic mass is 32.3. The zero-order valence-electron chi connectivity index (χ0n) is 11.8. The average Bonchev–Trinajstić information content (AvgIpc) is 3.14. The van der Waals surface area contributed by atoms with Gasteiger partial charge in [0.1, 0.15) is 14.5 Å². The maximum atomic E-state index is 12.4. The Morgan fingerprint density at radius 3 is 2.46 bits per heavy atom. The Morgan fingerprint density at radius 1 is 1.12 bits per heavy atom. The van der Waals surface area contributed by atoms with Crippen LogP contribution >= 0.6 is 11.3 Å². The Bertz CT molecular complexity index is 1180. The molecule has 0 saturated carbocycles. The second-order valence-corrected chi connectivity index (χ2v) is 9.55. The van der Waals surface area contributed by atoms with Crippen LogP contribution in [0.2, 0.25) is 0 Å². The molecule has 3 rings (SSSR count). The Morgan fingerprint density at radius 2 is 1.83 bits per heavy atom. The van der Waals surface area contributed by atoms with Crippen LogP contribution in [0.15, 0.2) is 44.9 Å². The normalized spacial score (nSPS) is 12.2. The summed E-state index contributed by atoms with van der Waals surface area (Å²) in [5.41, 5.74) is 1.10. The highest BCUT2D eigenvalue weighted by Gasteiger charge is 2.21. The summed E-state index contributed by atoms with van der Waals surface area (Å²) >= 11 is 0.555. The molecule has 0 radical (unpaired) electrons. The van der Waals surface area contributed by atoms with Crippen LogP contribution in [0, 0.1) is 11.3 Å². The third-order valence-corrected chi connectivity index (χ3v) is 7.56. The van der Waals surface area contributed by atoms with E-state index >= 15 is 0 Å². The molecule has 11 heteroatoms. The number of anilines is 1. The molecule has 2 heterocycles. The van der Waals surface area contributed by atoms with Gasteiger partial charge >= 0.3 is 0 Å². The molecule has 0 saturated heterocycles. The molecule has 1 aromatic carbocycles. The number of primary sulfonamides is 1. The van der Waals surface area contributed by atoms with E-state index in [1.165, 1.54) is 18.3 Å². The van der Waals surface area contributed by atoms with Crippen molar-refractivity contribution in [2.24, 2.45) is 5.14 Å². The standard InChI is InChI=1S/C13H10N4O4S3/c14-6-8-7-16-13-9(8)2-1-3-10(13)17-24(20,21)12-5-4-11(22-12)23(15,18)19/h1-5,7,16-17H,(H2,15,18,19). The van der Waals surface area contributed by atoms with Gasteiger partial charge in [0.25, 0.3) is 10.0 Å². The summed E-state index contributed by atoms with van der Waals surface area (Å²) in [4.78, 5) is 2.85. The number of aromatic nitrogens is 1. The second-order valence-electron chi connectivity index (χ2n) is 4.77. The van der Waals surface area contributed by atoms with Crippen molar-refractivity contribution in [2.75, 3.05) is 4.72 Å². The van der Waals surface area contributed by atoms with Gasteiger partial charge in [-0.1, -0.05) is 12.1 Å². The van der Waals surface area contributed by atoms with Gasteiger partial charge in [-0.15, -0.1) is 11.3 Å². The fourth-order valence-electron chi connectivity index (χ4n) is 2.13. The fraction of sp³-hybridized carbons (Fsp3) is 0. The number of aromatic amines is 1. The van der Waals surface area contributed by atoms with Gasteiger partial charge in [0.15, 0.2) is 0 Å². The molecule has 124 valence electrons. The van der Waals surface area contributed by atoms with Gasteiger partial charge in [-0.2, -0.15) is 5.26 Å². The molecule has 0 fully saturated rings. The van der Waals surface area contributed by atoms with E-state index in [1.54, 1.807) is 12.1 Å². The van der Waals surface area contributed by atoms with Gasteiger partial charge in [-0.05, 0) is 18.2 Å². The SMILES string of the molecule is N#Cc1c[nH]c2c(NS(=O)(=O)c3ccc(S(N)(=O)=O)s3)cccc12. The number of hydrogen-bond acceptors (Lipinski definition) is 6. The smallest absolute Gasteiger partial charge is 0.271 e. The minimum Gasteiger partial charge on any atom is -0.358 e. The minimum atomic E-state index is -4.00. The number of fused-ring (bicyclic) bond motifs is 1. The summed E-state index contributed by atoms with van der Waals surface area (Å²) in [6, 6.07) is 9.14. The molecule has 0 aliphatic heterocycles. The molecule has 0 bridgehead atoms. The molecule has 4 N–H and O–H groups in total. The molecule has 3 aromatic rings. The lowest BCUT2D eigenvalue weighted by Crippen LogP contribution is -2.12. The molecule has 0 atom stereocenters. The van der Waals surface area contributed by atoms with Crippen molar-refractivity contribution in [3.8, 4) is 6.07 Å². The van der Waals surface area contributed by atoms with Crippen LogP contribution in [-0.4, -0.2) is 21.8 Å².